The van der Waals surface area contributed by atoms with E-state index in [9.17, 15) is 0 Å². The van der Waals surface area contributed by atoms with Gasteiger partial charge in [-0.1, -0.05) is 43.5 Å². The lowest BCUT2D eigenvalue weighted by Crippen LogP contribution is -2.37. The molecule has 0 amide bonds. The Labute approximate surface area is 110 Å². The predicted octanol–water partition coefficient (Wildman–Crippen LogP) is 4.37. The highest BCUT2D eigenvalue weighted by atomic mass is 35.5. The largest absolute Gasteiger partial charge is 0.313 e. The second-order valence-corrected chi connectivity index (χ2v) is 5.44. The van der Waals surface area contributed by atoms with Crippen LogP contribution in [0.1, 0.15) is 50.5 Å². The Kier molecular flexibility index (Phi) is 4.87. The molecule has 1 saturated carbocycles. The minimum absolute atomic E-state index is 0.657. The van der Waals surface area contributed by atoms with Crippen molar-refractivity contribution in [1.29, 1.82) is 0 Å². The third-order valence-corrected chi connectivity index (χ3v) is 3.97. The molecule has 0 heterocycles. The molecule has 0 aromatic heterocycles. The molecule has 94 valence electrons. The van der Waals surface area contributed by atoms with Crippen LogP contribution in [0.5, 0.6) is 0 Å². The Bertz CT molecular complexity index is 333. The lowest BCUT2D eigenvalue weighted by molar-refractivity contribution is 0.328. The molecule has 2 heteroatoms. The molecule has 1 N–H and O–H groups in total. The van der Waals surface area contributed by atoms with Gasteiger partial charge in [0, 0.05) is 11.1 Å². The second-order valence-electron chi connectivity index (χ2n) is 5.00. The lowest BCUT2D eigenvalue weighted by Gasteiger charge is -2.32. The van der Waals surface area contributed by atoms with Gasteiger partial charge in [0.25, 0.3) is 0 Å². The van der Waals surface area contributed by atoms with Crippen LogP contribution in [-0.4, -0.2) is 12.6 Å². The zero-order chi connectivity index (χ0) is 12.1. The zero-order valence-corrected chi connectivity index (χ0v) is 11.3. The topological polar surface area (TPSA) is 12.0 Å². The van der Waals surface area contributed by atoms with Gasteiger partial charge in [-0.05, 0) is 49.4 Å². The first-order valence-electron chi connectivity index (χ1n) is 6.80. The van der Waals surface area contributed by atoms with Crippen molar-refractivity contribution in [1.82, 2.24) is 5.32 Å². The maximum Gasteiger partial charge on any atom is 0.0406 e. The summed E-state index contributed by atoms with van der Waals surface area (Å²) in [7, 11) is 0. The molecule has 2 rings (SSSR count). The van der Waals surface area contributed by atoms with Gasteiger partial charge in [0.2, 0.25) is 0 Å². The van der Waals surface area contributed by atoms with E-state index in [0.717, 1.165) is 11.6 Å². The first kappa shape index (κ1) is 12.9. The molecule has 17 heavy (non-hydrogen) atoms. The normalized spacial score (nSPS) is 24.8. The minimum Gasteiger partial charge on any atom is -0.313 e. The van der Waals surface area contributed by atoms with Crippen LogP contribution in [0.2, 0.25) is 5.02 Å². The maximum absolute atomic E-state index is 5.95. The summed E-state index contributed by atoms with van der Waals surface area (Å²) in [6, 6.07) is 9.08. The van der Waals surface area contributed by atoms with Crippen LogP contribution in [0.4, 0.5) is 0 Å². The lowest BCUT2D eigenvalue weighted by atomic mass is 9.80. The number of halogens is 1. The van der Waals surface area contributed by atoms with Crippen molar-refractivity contribution in [3.8, 4) is 0 Å². The van der Waals surface area contributed by atoms with Gasteiger partial charge in [0.15, 0.2) is 0 Å². The average Bonchev–Trinajstić information content (AvgIpc) is 2.38. The Balaban J connectivity index is 2.07. The number of nitrogens with one attached hydrogen (secondary N) is 1. The average molecular weight is 252 g/mol. The molecule has 0 saturated heterocycles. The van der Waals surface area contributed by atoms with Crippen molar-refractivity contribution in [3.05, 3.63) is 34.9 Å². The molecule has 2 unspecified atom stereocenters. The fourth-order valence-corrected chi connectivity index (χ4v) is 2.94. The highest BCUT2D eigenvalue weighted by Gasteiger charge is 2.25. The van der Waals surface area contributed by atoms with Gasteiger partial charge in [0.05, 0.1) is 0 Å². The van der Waals surface area contributed by atoms with Crippen LogP contribution in [-0.2, 0) is 0 Å². The monoisotopic (exact) mass is 251 g/mol. The third-order valence-electron chi connectivity index (χ3n) is 3.72. The first-order chi connectivity index (χ1) is 8.31. The standard InChI is InChI=1S/C15H22ClN/c1-2-11-17-15-6-4-3-5-14(15)12-7-9-13(16)10-8-12/h7-10,14-15,17H,2-6,11H2,1H3. The Morgan fingerprint density at radius 2 is 1.88 bits per heavy atom. The van der Waals surface area contributed by atoms with Gasteiger partial charge < -0.3 is 5.32 Å². The van der Waals surface area contributed by atoms with E-state index >= 15 is 0 Å². The molecule has 1 aromatic rings. The number of hydrogen-bond acceptors (Lipinski definition) is 1. The second kappa shape index (κ2) is 6.42. The molecule has 0 bridgehead atoms. The summed E-state index contributed by atoms with van der Waals surface area (Å²) in [5.41, 5.74) is 1.45. The van der Waals surface area contributed by atoms with E-state index in [2.05, 4.69) is 24.4 Å². The highest BCUT2D eigenvalue weighted by Crippen LogP contribution is 2.33. The molecule has 0 spiro atoms. The summed E-state index contributed by atoms with van der Waals surface area (Å²) in [5.74, 6) is 0.674. The van der Waals surface area contributed by atoms with Crippen LogP contribution in [0.15, 0.2) is 24.3 Å². The molecule has 1 aromatic carbocycles. The summed E-state index contributed by atoms with van der Waals surface area (Å²) in [4.78, 5) is 0. The van der Waals surface area contributed by atoms with Gasteiger partial charge in [-0.15, -0.1) is 0 Å². The molecule has 1 fully saturated rings. The van der Waals surface area contributed by atoms with Crippen LogP contribution in [0, 0.1) is 0 Å². The van der Waals surface area contributed by atoms with E-state index in [1.165, 1.54) is 37.7 Å². The maximum atomic E-state index is 5.95. The quantitative estimate of drug-likeness (QED) is 0.838. The summed E-state index contributed by atoms with van der Waals surface area (Å²) >= 11 is 5.95. The van der Waals surface area contributed by atoms with E-state index in [-0.39, 0.29) is 0 Å². The summed E-state index contributed by atoms with van der Waals surface area (Å²) in [6.45, 7) is 3.36. The Morgan fingerprint density at radius 3 is 2.59 bits per heavy atom. The fraction of sp³-hybridized carbons (Fsp3) is 0.600. The third kappa shape index (κ3) is 3.46. The predicted molar refractivity (Wildman–Crippen MR) is 74.7 cm³/mol. The van der Waals surface area contributed by atoms with Crippen molar-refractivity contribution >= 4 is 11.6 Å². The van der Waals surface area contributed by atoms with Gasteiger partial charge in [-0.3, -0.25) is 0 Å². The van der Waals surface area contributed by atoms with Crippen molar-refractivity contribution < 1.29 is 0 Å². The zero-order valence-electron chi connectivity index (χ0n) is 10.6. The molecule has 1 aliphatic carbocycles. The smallest absolute Gasteiger partial charge is 0.0406 e. The van der Waals surface area contributed by atoms with Gasteiger partial charge in [-0.25, -0.2) is 0 Å². The number of hydrogen-bond donors (Lipinski definition) is 1. The van der Waals surface area contributed by atoms with Gasteiger partial charge in [0.1, 0.15) is 0 Å². The summed E-state index contributed by atoms with van der Waals surface area (Å²) in [6.07, 6.45) is 6.56. The highest BCUT2D eigenvalue weighted by molar-refractivity contribution is 6.30. The van der Waals surface area contributed by atoms with Crippen molar-refractivity contribution in [2.75, 3.05) is 6.54 Å². The fourth-order valence-electron chi connectivity index (χ4n) is 2.81. The molecular weight excluding hydrogens is 230 g/mol. The molecule has 1 nitrogen and oxygen atoms in total. The molecule has 0 aliphatic heterocycles. The molecular formula is C15H22ClN. The SMILES string of the molecule is CCCNC1CCCCC1c1ccc(Cl)cc1. The van der Waals surface area contributed by atoms with Crippen LogP contribution < -0.4 is 5.32 Å². The van der Waals surface area contributed by atoms with Crippen LogP contribution in [0.3, 0.4) is 0 Å². The number of benzene rings is 1. The van der Waals surface area contributed by atoms with E-state index in [1.54, 1.807) is 0 Å². The van der Waals surface area contributed by atoms with E-state index in [0.29, 0.717) is 12.0 Å². The Hall–Kier alpha value is -0.530. The Morgan fingerprint density at radius 1 is 1.18 bits per heavy atom. The molecule has 0 radical (unpaired) electrons. The molecule has 2 atom stereocenters. The van der Waals surface area contributed by atoms with E-state index < -0.39 is 0 Å². The minimum atomic E-state index is 0.657. The van der Waals surface area contributed by atoms with Crippen LogP contribution >= 0.6 is 11.6 Å². The summed E-state index contributed by atoms with van der Waals surface area (Å²) < 4.78 is 0. The number of rotatable bonds is 4. The van der Waals surface area contributed by atoms with Gasteiger partial charge >= 0.3 is 0 Å². The van der Waals surface area contributed by atoms with Crippen molar-refractivity contribution in [2.45, 2.75) is 51.0 Å². The van der Waals surface area contributed by atoms with Crippen molar-refractivity contribution in [2.24, 2.45) is 0 Å². The van der Waals surface area contributed by atoms with E-state index in [4.69, 9.17) is 11.6 Å². The summed E-state index contributed by atoms with van der Waals surface area (Å²) in [5, 5.41) is 4.54. The van der Waals surface area contributed by atoms with Gasteiger partial charge in [-0.2, -0.15) is 0 Å². The van der Waals surface area contributed by atoms with Crippen LogP contribution in [0.25, 0.3) is 0 Å². The molecule has 1 aliphatic rings. The first-order valence-corrected chi connectivity index (χ1v) is 7.18. The van der Waals surface area contributed by atoms with Crippen molar-refractivity contribution in [3.63, 3.8) is 0 Å². The van der Waals surface area contributed by atoms with E-state index in [1.807, 2.05) is 12.1 Å².